The molecule has 0 spiro atoms. The molecule has 8 bridgehead atoms. The van der Waals surface area contributed by atoms with Crippen molar-refractivity contribution < 1.29 is 18.3 Å². The maximum absolute atomic E-state index is 3.90. The second kappa shape index (κ2) is 12.7. The summed E-state index contributed by atoms with van der Waals surface area (Å²) in [6, 6.07) is 35.0. The van der Waals surface area contributed by atoms with Crippen LogP contribution in [0.15, 0.2) is 147 Å². The topological polar surface area (TPSA) is 62.9 Å². The minimum Gasteiger partial charge on any atom is -0.354 e. The molecule has 0 fully saturated rings. The van der Waals surface area contributed by atoms with E-state index in [2.05, 4.69) is 208 Å². The van der Waals surface area contributed by atoms with Crippen LogP contribution in [-0.4, -0.2) is 15.0 Å². The molecular formula is C44H39N7S+4. The highest BCUT2D eigenvalue weighted by molar-refractivity contribution is 7.08. The van der Waals surface area contributed by atoms with Gasteiger partial charge in [0, 0.05) is 111 Å². The lowest BCUT2D eigenvalue weighted by Gasteiger charge is -2.08. The molecule has 8 aromatic heterocycles. The molecule has 0 radical (unpaired) electrons. The van der Waals surface area contributed by atoms with Gasteiger partial charge in [-0.25, -0.2) is 18.3 Å². The first-order valence-corrected chi connectivity index (χ1v) is 18.2. The van der Waals surface area contributed by atoms with Crippen LogP contribution in [0.3, 0.4) is 0 Å². The Balaban J connectivity index is 1.45. The molecule has 1 aliphatic rings. The van der Waals surface area contributed by atoms with Crippen molar-refractivity contribution in [2.45, 2.75) is 0 Å². The fourth-order valence-corrected chi connectivity index (χ4v) is 8.55. The van der Waals surface area contributed by atoms with Crippen LogP contribution in [0.1, 0.15) is 45.0 Å². The van der Waals surface area contributed by atoms with E-state index in [-0.39, 0.29) is 0 Å². The van der Waals surface area contributed by atoms with E-state index in [0.29, 0.717) is 0 Å². The number of hydrogen-bond acceptors (Lipinski definition) is 1. The Labute approximate surface area is 305 Å². The summed E-state index contributed by atoms with van der Waals surface area (Å²) in [5.41, 5.74) is 13.2. The molecule has 9 heterocycles. The summed E-state index contributed by atoms with van der Waals surface area (Å²) in [5, 5.41) is 2.06. The van der Waals surface area contributed by atoms with E-state index in [4.69, 9.17) is 0 Å². The number of thiophene rings is 1. The zero-order valence-electron chi connectivity index (χ0n) is 29.6. The fourth-order valence-electron chi connectivity index (χ4n) is 7.38. The van der Waals surface area contributed by atoms with E-state index < -0.39 is 0 Å². The van der Waals surface area contributed by atoms with Crippen LogP contribution in [0, 0.1) is 0 Å². The van der Waals surface area contributed by atoms with Gasteiger partial charge in [0.05, 0.1) is 0 Å². The Kier molecular flexibility index (Phi) is 7.74. The van der Waals surface area contributed by atoms with Crippen LogP contribution < -0.4 is 38.0 Å². The Morgan fingerprint density at radius 1 is 0.365 bits per heavy atom. The van der Waals surface area contributed by atoms with Crippen LogP contribution in [0.5, 0.6) is 0 Å². The summed E-state index contributed by atoms with van der Waals surface area (Å²) in [6.45, 7) is 0. The first-order valence-electron chi connectivity index (χ1n) is 17.4. The van der Waals surface area contributed by atoms with E-state index in [1.54, 1.807) is 0 Å². The van der Waals surface area contributed by atoms with E-state index in [0.717, 1.165) is 78.0 Å². The second-order valence-corrected chi connectivity index (χ2v) is 14.6. The predicted octanol–water partition coefficient (Wildman–Crippen LogP) is 2.33. The van der Waals surface area contributed by atoms with Gasteiger partial charge < -0.3 is 15.0 Å². The first kappa shape index (κ1) is 31.6. The molecule has 9 rings (SSSR count). The highest BCUT2D eigenvalue weighted by Gasteiger charge is 2.21. The molecular weight excluding hydrogens is 659 g/mol. The number of rotatable bonds is 4. The van der Waals surface area contributed by atoms with Crippen molar-refractivity contribution in [1.82, 2.24) is 15.0 Å². The van der Waals surface area contributed by atoms with Gasteiger partial charge in [-0.1, -0.05) is 0 Å². The number of fused-ring (bicyclic) bond motifs is 8. The van der Waals surface area contributed by atoms with Crippen molar-refractivity contribution >= 4 is 33.6 Å². The standard InChI is InChI=1S/C44H39N7S/c1-48-21-5-9-29(25-48)41-33-13-14-34(45-33)42(30-10-6-22-49(2)26-30)36-16-18-38(47-36)44(32-12-8-24-51(4)28-32)40-20-19-39(52-40)43(37-17-15-35(41)46-37)31-11-7-23-50(3)27-31/h5-28,45-47H,1-4H3/q+4. The molecule has 252 valence electrons. The van der Waals surface area contributed by atoms with Crippen molar-refractivity contribution in [1.29, 1.82) is 0 Å². The summed E-state index contributed by atoms with van der Waals surface area (Å²) in [5.74, 6) is 0. The monoisotopic (exact) mass is 697 g/mol. The second-order valence-electron chi connectivity index (χ2n) is 13.6. The molecule has 8 heteroatoms. The first-order chi connectivity index (χ1) is 25.4. The molecule has 0 aromatic carbocycles. The molecule has 0 aliphatic carbocycles. The molecule has 3 N–H and O–H groups in total. The predicted molar refractivity (Wildman–Crippen MR) is 202 cm³/mol. The number of hydrogen-bond donors (Lipinski definition) is 3. The molecule has 0 amide bonds. The third kappa shape index (κ3) is 5.73. The quantitative estimate of drug-likeness (QED) is 0.237. The average molecular weight is 698 g/mol. The normalized spacial score (nSPS) is 12.8. The summed E-state index contributed by atoms with van der Waals surface area (Å²) in [6.07, 6.45) is 17.1. The summed E-state index contributed by atoms with van der Waals surface area (Å²) < 4.78 is 10.8. The molecule has 52 heavy (non-hydrogen) atoms. The summed E-state index contributed by atoms with van der Waals surface area (Å²) >= 11 is 1.82. The smallest absolute Gasteiger partial charge is 0.176 e. The zero-order valence-corrected chi connectivity index (χ0v) is 30.4. The van der Waals surface area contributed by atoms with Gasteiger partial charge in [0.25, 0.3) is 0 Å². The van der Waals surface area contributed by atoms with E-state index in [9.17, 15) is 0 Å². The Morgan fingerprint density at radius 3 is 1.04 bits per heavy atom. The van der Waals surface area contributed by atoms with Crippen LogP contribution in [0.4, 0.5) is 0 Å². The number of aromatic nitrogens is 7. The number of H-pyrrole nitrogens is 3. The average Bonchev–Trinajstić information content (AvgIpc) is 3.96. The Bertz CT molecular complexity index is 2530. The van der Waals surface area contributed by atoms with Gasteiger partial charge in [-0.05, 0) is 72.8 Å². The SMILES string of the molecule is C[n+]1cccc(C2=c3ccc([nH]3)=C(c3ccc[n+](C)c3)c3ccc([nH]3)C(c3ccc[n+](C)c3)=c3ccc(s3)=C(c3ccc[n+](C)c3)c3ccc2[nH]3)c1. The maximum atomic E-state index is 3.90. The summed E-state index contributed by atoms with van der Waals surface area (Å²) in [4.78, 5) is 11.7. The highest BCUT2D eigenvalue weighted by Crippen LogP contribution is 2.27. The number of aryl methyl sites for hydroxylation is 4. The molecule has 1 aliphatic heterocycles. The lowest BCUT2D eigenvalue weighted by Crippen LogP contribution is -2.28. The molecule has 7 nitrogen and oxygen atoms in total. The van der Waals surface area contributed by atoms with Crippen LogP contribution >= 0.6 is 11.3 Å². The Morgan fingerprint density at radius 2 is 0.692 bits per heavy atom. The van der Waals surface area contributed by atoms with Gasteiger partial charge in [-0.15, -0.1) is 11.3 Å². The Hall–Kier alpha value is -6.38. The van der Waals surface area contributed by atoms with Crippen LogP contribution in [-0.2, 0) is 28.2 Å². The van der Waals surface area contributed by atoms with E-state index in [1.807, 2.05) is 11.3 Å². The summed E-state index contributed by atoms with van der Waals surface area (Å²) in [7, 11) is 8.30. The van der Waals surface area contributed by atoms with Gasteiger partial charge >= 0.3 is 0 Å². The third-order valence-electron chi connectivity index (χ3n) is 9.69. The van der Waals surface area contributed by atoms with Crippen molar-refractivity contribution in [3.63, 3.8) is 0 Å². The number of pyridine rings is 4. The third-order valence-corrected chi connectivity index (χ3v) is 10.8. The van der Waals surface area contributed by atoms with Gasteiger partial charge in [0.15, 0.2) is 49.6 Å². The number of nitrogens with one attached hydrogen (secondary N) is 3. The lowest BCUT2D eigenvalue weighted by atomic mass is 10.0. The molecule has 0 saturated heterocycles. The van der Waals surface area contributed by atoms with Crippen LogP contribution in [0.25, 0.3) is 22.3 Å². The van der Waals surface area contributed by atoms with Crippen molar-refractivity contribution in [3.05, 3.63) is 211 Å². The van der Waals surface area contributed by atoms with Gasteiger partial charge in [0.2, 0.25) is 0 Å². The van der Waals surface area contributed by atoms with Gasteiger partial charge in [0.1, 0.15) is 28.2 Å². The van der Waals surface area contributed by atoms with Crippen molar-refractivity contribution in [2.24, 2.45) is 28.2 Å². The molecule has 0 saturated carbocycles. The maximum Gasteiger partial charge on any atom is 0.176 e. The fraction of sp³-hybridized carbons (Fsp3) is 0.0909. The molecule has 8 aromatic rings. The largest absolute Gasteiger partial charge is 0.354 e. The molecule has 0 atom stereocenters. The minimum atomic E-state index is 1.03. The van der Waals surface area contributed by atoms with Gasteiger partial charge in [-0.3, -0.25) is 0 Å². The molecule has 0 unspecified atom stereocenters. The van der Waals surface area contributed by atoms with E-state index in [1.165, 1.54) is 9.06 Å². The lowest BCUT2D eigenvalue weighted by molar-refractivity contribution is -0.671. The highest BCUT2D eigenvalue weighted by atomic mass is 32.1. The zero-order chi connectivity index (χ0) is 35.3. The van der Waals surface area contributed by atoms with Crippen molar-refractivity contribution in [2.75, 3.05) is 0 Å². The minimum absolute atomic E-state index is 1.03. The number of aromatic amines is 3. The number of nitrogens with zero attached hydrogens (tertiary/aromatic N) is 4. The van der Waals surface area contributed by atoms with Gasteiger partial charge in [-0.2, -0.15) is 0 Å². The van der Waals surface area contributed by atoms with E-state index >= 15 is 0 Å². The van der Waals surface area contributed by atoms with Crippen LogP contribution in [0.2, 0.25) is 0 Å². The van der Waals surface area contributed by atoms with Crippen molar-refractivity contribution in [3.8, 4) is 0 Å².